The number of benzene rings is 12. The highest BCUT2D eigenvalue weighted by molar-refractivity contribution is 6.16. The first-order chi connectivity index (χ1) is 40.6. The normalized spacial score (nSPS) is 12.0. The average molecular weight is 1050 g/mol. The van der Waals surface area contributed by atoms with E-state index < -0.39 is 0 Å². The third-order valence-corrected chi connectivity index (χ3v) is 17.0. The monoisotopic (exact) mass is 1040 g/mol. The maximum Gasteiger partial charge on any atom is 0.187 e. The van der Waals surface area contributed by atoms with Crippen LogP contribution in [0.25, 0.3) is 93.2 Å². The SMILES string of the molecule is [C-]#[N+]c1ccc2c(c1)-c1ccc3c(c1C2)c1cc(N(c2ccccc2)c2ccc(-c4ccc(N(c5ccccc5)c5ccc6c(c5)c5c7c(ccc5n6-c5ccccc5)-c5cc(C#N)ccc5C7)cc4)cc2)ccc1n3-c1ccccc1. The first kappa shape index (κ1) is 46.9. The van der Waals surface area contributed by atoms with Gasteiger partial charge in [-0.25, -0.2) is 4.85 Å². The average Bonchev–Trinajstić information content (AvgIpc) is 2.54. The molecule has 82 heavy (non-hydrogen) atoms. The molecule has 0 spiro atoms. The molecule has 2 aliphatic carbocycles. The van der Waals surface area contributed by atoms with Crippen LogP contribution in [0.4, 0.5) is 39.8 Å². The van der Waals surface area contributed by atoms with Gasteiger partial charge in [-0.2, -0.15) is 5.26 Å². The molecule has 0 bridgehead atoms. The number of anilines is 6. The fourth-order valence-corrected chi connectivity index (χ4v) is 13.3. The van der Waals surface area contributed by atoms with E-state index >= 15 is 0 Å². The summed E-state index contributed by atoms with van der Waals surface area (Å²) in [5.41, 5.74) is 26.7. The highest BCUT2D eigenvalue weighted by atomic mass is 15.1. The summed E-state index contributed by atoms with van der Waals surface area (Å²) in [4.78, 5) is 8.51. The van der Waals surface area contributed by atoms with Crippen molar-refractivity contribution < 1.29 is 0 Å². The molecule has 0 aliphatic heterocycles. The molecule has 382 valence electrons. The summed E-state index contributed by atoms with van der Waals surface area (Å²) < 4.78 is 4.80. The molecular formula is C76H48N6. The molecule has 0 saturated heterocycles. The molecule has 0 radical (unpaired) electrons. The van der Waals surface area contributed by atoms with Crippen LogP contribution in [-0.4, -0.2) is 9.13 Å². The van der Waals surface area contributed by atoms with E-state index in [0.717, 1.165) is 91.6 Å². The largest absolute Gasteiger partial charge is 0.310 e. The molecule has 2 heterocycles. The van der Waals surface area contributed by atoms with Crippen molar-refractivity contribution in [1.82, 2.24) is 9.13 Å². The van der Waals surface area contributed by atoms with Gasteiger partial charge in [0.15, 0.2) is 5.69 Å². The Morgan fingerprint density at radius 3 is 1.22 bits per heavy atom. The fourth-order valence-electron chi connectivity index (χ4n) is 13.3. The number of nitrogens with zero attached hydrogens (tertiary/aromatic N) is 6. The molecule has 16 rings (SSSR count). The molecule has 0 unspecified atom stereocenters. The van der Waals surface area contributed by atoms with Crippen LogP contribution in [0.2, 0.25) is 0 Å². The molecule has 0 atom stereocenters. The van der Waals surface area contributed by atoms with Crippen molar-refractivity contribution in [2.75, 3.05) is 9.80 Å². The molecule has 6 nitrogen and oxygen atoms in total. The van der Waals surface area contributed by atoms with E-state index in [1.807, 2.05) is 12.1 Å². The van der Waals surface area contributed by atoms with E-state index in [-0.39, 0.29) is 0 Å². The van der Waals surface area contributed by atoms with Gasteiger partial charge >= 0.3 is 0 Å². The van der Waals surface area contributed by atoms with Crippen LogP contribution < -0.4 is 9.80 Å². The first-order valence-corrected chi connectivity index (χ1v) is 27.8. The van der Waals surface area contributed by atoms with Gasteiger partial charge in [0.2, 0.25) is 0 Å². The van der Waals surface area contributed by atoms with Crippen molar-refractivity contribution >= 4 is 83.4 Å². The summed E-state index contributed by atoms with van der Waals surface area (Å²) >= 11 is 0. The Balaban J connectivity index is 0.779. The van der Waals surface area contributed by atoms with Crippen molar-refractivity contribution in [3.05, 3.63) is 306 Å². The summed E-state index contributed by atoms with van der Waals surface area (Å²) in [5, 5.41) is 14.7. The number of hydrogen-bond acceptors (Lipinski definition) is 3. The van der Waals surface area contributed by atoms with Crippen LogP contribution in [-0.2, 0) is 12.8 Å². The van der Waals surface area contributed by atoms with Crippen LogP contribution in [0, 0.1) is 17.9 Å². The maximum absolute atomic E-state index is 9.86. The van der Waals surface area contributed by atoms with Gasteiger partial charge in [-0.3, -0.25) is 0 Å². The topological polar surface area (TPSA) is 44.5 Å². The molecule has 0 amide bonds. The zero-order valence-corrected chi connectivity index (χ0v) is 44.5. The van der Waals surface area contributed by atoms with E-state index in [1.165, 1.54) is 66.0 Å². The van der Waals surface area contributed by atoms with Crippen molar-refractivity contribution in [3.63, 3.8) is 0 Å². The minimum Gasteiger partial charge on any atom is -0.310 e. The molecule has 6 heteroatoms. The van der Waals surface area contributed by atoms with Crippen LogP contribution in [0.15, 0.2) is 267 Å². The number of aromatic nitrogens is 2. The lowest BCUT2D eigenvalue weighted by Crippen LogP contribution is -2.10. The Morgan fingerprint density at radius 1 is 0.366 bits per heavy atom. The second kappa shape index (κ2) is 18.7. The lowest BCUT2D eigenvalue weighted by Gasteiger charge is -2.26. The van der Waals surface area contributed by atoms with Crippen LogP contribution in [0.5, 0.6) is 0 Å². The number of para-hydroxylation sites is 4. The van der Waals surface area contributed by atoms with Crippen molar-refractivity contribution in [2.24, 2.45) is 0 Å². The number of hydrogen-bond donors (Lipinski definition) is 0. The maximum atomic E-state index is 9.86. The second-order valence-electron chi connectivity index (χ2n) is 21.4. The zero-order chi connectivity index (χ0) is 54.4. The van der Waals surface area contributed by atoms with Gasteiger partial charge in [0.1, 0.15) is 0 Å². The highest BCUT2D eigenvalue weighted by Crippen LogP contribution is 2.49. The summed E-state index contributed by atoms with van der Waals surface area (Å²) in [6, 6.07) is 98.0. The van der Waals surface area contributed by atoms with Gasteiger partial charge in [-0.1, -0.05) is 127 Å². The summed E-state index contributed by atoms with van der Waals surface area (Å²) in [7, 11) is 0. The van der Waals surface area contributed by atoms with Gasteiger partial charge in [0.05, 0.1) is 40.3 Å². The van der Waals surface area contributed by atoms with Crippen LogP contribution >= 0.6 is 0 Å². The lowest BCUT2D eigenvalue weighted by molar-refractivity contribution is 1.18. The van der Waals surface area contributed by atoms with Crippen molar-refractivity contribution in [2.45, 2.75) is 12.8 Å². The molecule has 12 aromatic carbocycles. The van der Waals surface area contributed by atoms with E-state index in [0.29, 0.717) is 11.3 Å². The van der Waals surface area contributed by atoms with Gasteiger partial charge in [-0.15, -0.1) is 0 Å². The third kappa shape index (κ3) is 7.40. The zero-order valence-electron chi connectivity index (χ0n) is 44.5. The summed E-state index contributed by atoms with van der Waals surface area (Å²) in [6.07, 6.45) is 1.62. The second-order valence-corrected chi connectivity index (χ2v) is 21.4. The molecule has 0 N–H and O–H groups in total. The summed E-state index contributed by atoms with van der Waals surface area (Å²) in [6.45, 7) is 7.77. The molecule has 2 aromatic heterocycles. The Bertz CT molecular complexity index is 4650. The minimum absolute atomic E-state index is 0.666. The van der Waals surface area contributed by atoms with Crippen molar-refractivity contribution in [3.8, 4) is 50.8 Å². The van der Waals surface area contributed by atoms with E-state index in [9.17, 15) is 5.26 Å². The minimum atomic E-state index is 0.666. The quantitative estimate of drug-likeness (QED) is 0.135. The number of fused-ring (bicyclic) bond motifs is 14. The Kier molecular flexibility index (Phi) is 10.7. The molecule has 0 fully saturated rings. The van der Waals surface area contributed by atoms with Gasteiger partial charge < -0.3 is 18.9 Å². The smallest absolute Gasteiger partial charge is 0.187 e. The van der Waals surface area contributed by atoms with Crippen molar-refractivity contribution in [1.29, 1.82) is 5.26 Å². The van der Waals surface area contributed by atoms with Gasteiger partial charge in [-0.05, 0) is 208 Å². The van der Waals surface area contributed by atoms with E-state index in [4.69, 9.17) is 6.57 Å². The predicted octanol–water partition coefficient (Wildman–Crippen LogP) is 20.1. The van der Waals surface area contributed by atoms with Gasteiger partial charge in [0.25, 0.3) is 0 Å². The standard InChI is InChI=1S/C76H48N6/c1-78-54-29-24-53-44-68-64(66(53)45-54)37-41-74-76(68)70-47-62(35-39-72(70)82(74)58-20-12-5-13-21-58)80(56-16-8-3-9-17-56)60-32-27-51(28-33-60)50-25-30-59(31-26-50)79(55-14-6-2-7-15-55)61-34-38-71-69(46-61)75-67-43-52-23-22-49(48-77)42-65(52)63(67)36-40-73(75)81(71)57-18-10-4-11-19-57/h2-42,45-47H,43-44H2. The number of rotatable bonds is 9. The highest BCUT2D eigenvalue weighted by Gasteiger charge is 2.28. The first-order valence-electron chi connectivity index (χ1n) is 27.8. The third-order valence-electron chi connectivity index (χ3n) is 17.0. The Hall–Kier alpha value is -11.2. The Morgan fingerprint density at radius 2 is 0.768 bits per heavy atom. The lowest BCUT2D eigenvalue weighted by atomic mass is 10.00. The summed E-state index contributed by atoms with van der Waals surface area (Å²) in [5.74, 6) is 0. The van der Waals surface area contributed by atoms with Gasteiger partial charge in [0, 0.05) is 67.0 Å². The molecule has 2 aliphatic rings. The van der Waals surface area contributed by atoms with E-state index in [1.54, 1.807) is 0 Å². The fraction of sp³-hybridized carbons (Fsp3) is 0.0263. The molecular weight excluding hydrogens is 997 g/mol. The molecule has 14 aromatic rings. The Labute approximate surface area is 474 Å². The molecule has 0 saturated carbocycles. The van der Waals surface area contributed by atoms with Crippen LogP contribution in [0.1, 0.15) is 27.8 Å². The predicted molar refractivity (Wildman–Crippen MR) is 337 cm³/mol. The van der Waals surface area contributed by atoms with Crippen LogP contribution in [0.3, 0.4) is 0 Å². The van der Waals surface area contributed by atoms with E-state index in [2.05, 4.69) is 285 Å². The number of nitriles is 1.